The minimum absolute atomic E-state index is 0.514. The van der Waals surface area contributed by atoms with Gasteiger partial charge in [0.2, 0.25) is 0 Å². The van der Waals surface area contributed by atoms with Crippen LogP contribution >= 0.6 is 34.9 Å². The Kier molecular flexibility index (Phi) is 3.66. The predicted molar refractivity (Wildman–Crippen MR) is 85.7 cm³/mol. The molecule has 1 aliphatic heterocycles. The normalized spacial score (nSPS) is 17.0. The number of fused-ring (bicyclic) bond motifs is 1. The van der Waals surface area contributed by atoms with Crippen molar-refractivity contribution in [2.24, 2.45) is 0 Å². The van der Waals surface area contributed by atoms with Crippen LogP contribution < -0.4 is 0 Å². The Morgan fingerprint density at radius 2 is 2.33 bits per heavy atom. The van der Waals surface area contributed by atoms with Crippen LogP contribution in [-0.2, 0) is 6.54 Å². The Balaban J connectivity index is 1.48. The lowest BCUT2D eigenvalue weighted by Gasteiger charge is -2.07. The summed E-state index contributed by atoms with van der Waals surface area (Å²) in [4.78, 5) is 8.46. The highest BCUT2D eigenvalue weighted by Gasteiger charge is 2.27. The number of thioether (sulfide) groups is 2. The first-order valence-electron chi connectivity index (χ1n) is 6.43. The van der Waals surface area contributed by atoms with E-state index in [1.807, 2.05) is 41.7 Å². The zero-order chi connectivity index (χ0) is 14.1. The van der Waals surface area contributed by atoms with Gasteiger partial charge in [-0.3, -0.25) is 4.98 Å². The molecule has 4 heterocycles. The van der Waals surface area contributed by atoms with Gasteiger partial charge in [0.15, 0.2) is 11.0 Å². The molecule has 0 unspecified atom stereocenters. The second-order valence-corrected chi connectivity index (χ2v) is 7.94. The van der Waals surface area contributed by atoms with Gasteiger partial charge in [-0.15, -0.1) is 21.5 Å². The molecule has 3 aromatic rings. The molecule has 8 heteroatoms. The van der Waals surface area contributed by atoms with Crippen molar-refractivity contribution in [3.63, 3.8) is 0 Å². The third-order valence-corrected chi connectivity index (χ3v) is 6.60. The van der Waals surface area contributed by atoms with E-state index < -0.39 is 0 Å². The van der Waals surface area contributed by atoms with Gasteiger partial charge in [0.05, 0.1) is 0 Å². The minimum atomic E-state index is 0.514. The van der Waals surface area contributed by atoms with Gasteiger partial charge in [0.25, 0.3) is 0 Å². The maximum absolute atomic E-state index is 4.31. The third-order valence-electron chi connectivity index (χ3n) is 3.10. The monoisotopic (exact) mass is 333 g/mol. The summed E-state index contributed by atoms with van der Waals surface area (Å²) >= 11 is 5.30. The summed E-state index contributed by atoms with van der Waals surface area (Å²) in [5.41, 5.74) is 1.02. The first-order valence-corrected chi connectivity index (χ1v) is 9.17. The van der Waals surface area contributed by atoms with Gasteiger partial charge in [0.1, 0.15) is 4.34 Å². The van der Waals surface area contributed by atoms with Gasteiger partial charge in [-0.2, -0.15) is 0 Å². The van der Waals surface area contributed by atoms with Crippen LogP contribution in [0.15, 0.2) is 45.6 Å². The Morgan fingerprint density at radius 3 is 3.14 bits per heavy atom. The van der Waals surface area contributed by atoms with Gasteiger partial charge in [-0.1, -0.05) is 23.5 Å². The summed E-state index contributed by atoms with van der Waals surface area (Å²) in [7, 11) is 0. The van der Waals surface area contributed by atoms with Crippen molar-refractivity contribution >= 4 is 34.9 Å². The molecule has 0 amide bonds. The summed E-state index contributed by atoms with van der Waals surface area (Å²) < 4.78 is 3.32. The molecule has 0 aromatic carbocycles. The number of pyridine rings is 1. The minimum Gasteiger partial charge on any atom is -0.301 e. The van der Waals surface area contributed by atoms with Crippen LogP contribution in [0, 0.1) is 0 Å². The Bertz CT molecular complexity index is 726. The van der Waals surface area contributed by atoms with E-state index in [0.717, 1.165) is 33.2 Å². The summed E-state index contributed by atoms with van der Waals surface area (Å²) in [5, 5.41) is 12.1. The van der Waals surface area contributed by atoms with E-state index in [2.05, 4.69) is 24.7 Å². The lowest BCUT2D eigenvalue weighted by Crippen LogP contribution is -2.09. The van der Waals surface area contributed by atoms with E-state index in [4.69, 9.17) is 0 Å². The number of thiazole rings is 1. The topological polar surface area (TPSA) is 56.5 Å². The molecule has 0 saturated heterocycles. The molecule has 0 bridgehead atoms. The highest BCUT2D eigenvalue weighted by atomic mass is 32.2. The molecule has 21 heavy (non-hydrogen) atoms. The van der Waals surface area contributed by atoms with Crippen LogP contribution in [0.3, 0.4) is 0 Å². The maximum Gasteiger partial charge on any atom is 0.191 e. The Labute approximate surface area is 134 Å². The van der Waals surface area contributed by atoms with Crippen LogP contribution in [0.1, 0.15) is 0 Å². The fraction of sp³-hybridized carbons (Fsp3) is 0.231. The lowest BCUT2D eigenvalue weighted by atomic mass is 10.2. The highest BCUT2D eigenvalue weighted by Crippen LogP contribution is 2.37. The molecular weight excluding hydrogens is 322 g/mol. The maximum atomic E-state index is 4.31. The summed E-state index contributed by atoms with van der Waals surface area (Å²) in [6, 6.07) is 3.95. The molecule has 0 fully saturated rings. The fourth-order valence-electron chi connectivity index (χ4n) is 2.17. The van der Waals surface area contributed by atoms with Gasteiger partial charge >= 0.3 is 0 Å². The van der Waals surface area contributed by atoms with Crippen LogP contribution in [0.25, 0.3) is 11.4 Å². The van der Waals surface area contributed by atoms with Gasteiger partial charge < -0.3 is 4.57 Å². The molecule has 106 valence electrons. The molecule has 0 aliphatic carbocycles. The van der Waals surface area contributed by atoms with Crippen molar-refractivity contribution in [1.29, 1.82) is 0 Å². The van der Waals surface area contributed by atoms with Crippen LogP contribution in [-0.4, -0.2) is 35.7 Å². The molecule has 1 atom stereocenters. The highest BCUT2D eigenvalue weighted by molar-refractivity contribution is 8.04. The molecule has 0 saturated carbocycles. The van der Waals surface area contributed by atoms with Crippen molar-refractivity contribution in [3.8, 4) is 11.4 Å². The Hall–Kier alpha value is -1.38. The third kappa shape index (κ3) is 2.70. The number of rotatable bonds is 4. The van der Waals surface area contributed by atoms with E-state index >= 15 is 0 Å². The van der Waals surface area contributed by atoms with Gasteiger partial charge in [0, 0.05) is 47.1 Å². The van der Waals surface area contributed by atoms with E-state index in [1.54, 1.807) is 29.3 Å². The largest absolute Gasteiger partial charge is 0.301 e. The smallest absolute Gasteiger partial charge is 0.191 e. The van der Waals surface area contributed by atoms with Gasteiger partial charge in [-0.05, 0) is 12.1 Å². The standard InChI is InChI=1S/C13H11N5S3/c1-2-9(6-14-3-1)11-16-17-12-18(11)7-10(21-12)8-20-13-15-4-5-19-13/h1-6,10H,7-8H2/t10-/m1/s1. The van der Waals surface area contributed by atoms with Crippen molar-refractivity contribution in [2.75, 3.05) is 5.75 Å². The van der Waals surface area contributed by atoms with Crippen LogP contribution in [0.2, 0.25) is 0 Å². The fourth-order valence-corrected chi connectivity index (χ4v) is 5.12. The molecular formula is C13H11N5S3. The summed E-state index contributed by atoms with van der Waals surface area (Å²) in [5.74, 6) is 1.95. The van der Waals surface area contributed by atoms with E-state index in [-0.39, 0.29) is 0 Å². The number of hydrogen-bond donors (Lipinski definition) is 0. The van der Waals surface area contributed by atoms with Crippen LogP contribution in [0.4, 0.5) is 0 Å². The van der Waals surface area contributed by atoms with Crippen molar-refractivity contribution in [3.05, 3.63) is 36.1 Å². The predicted octanol–water partition coefficient (Wildman–Crippen LogP) is 3.06. The molecule has 0 spiro atoms. The van der Waals surface area contributed by atoms with E-state index in [1.165, 1.54) is 0 Å². The number of hydrogen-bond acceptors (Lipinski definition) is 7. The molecule has 5 nitrogen and oxygen atoms in total. The lowest BCUT2D eigenvalue weighted by molar-refractivity contribution is 0.678. The summed E-state index contributed by atoms with van der Waals surface area (Å²) in [6.45, 7) is 0.940. The quantitative estimate of drug-likeness (QED) is 0.684. The number of nitrogens with zero attached hydrogens (tertiary/aromatic N) is 5. The zero-order valence-electron chi connectivity index (χ0n) is 10.9. The summed E-state index contributed by atoms with van der Waals surface area (Å²) in [6.07, 6.45) is 5.46. The first kappa shape index (κ1) is 13.3. The van der Waals surface area contributed by atoms with Crippen molar-refractivity contribution in [2.45, 2.75) is 21.3 Å². The van der Waals surface area contributed by atoms with E-state index in [0.29, 0.717) is 5.25 Å². The molecule has 1 aliphatic rings. The second kappa shape index (κ2) is 5.78. The molecule has 3 aromatic heterocycles. The van der Waals surface area contributed by atoms with Crippen molar-refractivity contribution in [1.82, 2.24) is 24.7 Å². The Morgan fingerprint density at radius 1 is 1.33 bits per heavy atom. The first-order chi connectivity index (χ1) is 10.4. The molecule has 4 rings (SSSR count). The average molecular weight is 333 g/mol. The molecule has 0 N–H and O–H groups in total. The SMILES string of the molecule is c1cncc(-c2nnc3n2C[C@H](CSc2nccs2)S3)c1. The molecule has 0 radical (unpaired) electrons. The van der Waals surface area contributed by atoms with Crippen LogP contribution in [0.5, 0.6) is 0 Å². The average Bonchev–Trinajstić information content (AvgIpc) is 3.22. The van der Waals surface area contributed by atoms with Gasteiger partial charge in [-0.25, -0.2) is 4.98 Å². The van der Waals surface area contributed by atoms with Crippen molar-refractivity contribution < 1.29 is 0 Å². The zero-order valence-corrected chi connectivity index (χ0v) is 13.4. The second-order valence-electron chi connectivity index (χ2n) is 4.51. The van der Waals surface area contributed by atoms with E-state index in [9.17, 15) is 0 Å². The number of aromatic nitrogens is 5.